The lowest BCUT2D eigenvalue weighted by Crippen LogP contribution is -2.52. The minimum absolute atomic E-state index is 0.00369. The van der Waals surface area contributed by atoms with Crippen LogP contribution in [0.1, 0.15) is 58.4 Å². The van der Waals surface area contributed by atoms with Crippen molar-refractivity contribution in [2.45, 2.75) is 44.3 Å². The van der Waals surface area contributed by atoms with Gasteiger partial charge in [-0.05, 0) is 85.7 Å². The lowest BCUT2D eigenvalue weighted by Gasteiger charge is -2.40. The number of nitrogens with one attached hydrogen (secondary N) is 4. The predicted octanol–water partition coefficient (Wildman–Crippen LogP) is 5.15. The van der Waals surface area contributed by atoms with Gasteiger partial charge in [-0.3, -0.25) is 34.1 Å². The number of aromatic nitrogens is 2. The Hall–Kier alpha value is -6.38. The van der Waals surface area contributed by atoms with Gasteiger partial charge in [0, 0.05) is 106 Å². The van der Waals surface area contributed by atoms with Crippen LogP contribution in [0.4, 0.5) is 34.6 Å². The number of aromatic amines is 1. The molecule has 346 valence electrons. The van der Waals surface area contributed by atoms with Gasteiger partial charge in [0.05, 0.1) is 16.8 Å². The Kier molecular flexibility index (Phi) is 12.5. The number of alkyl halides is 1. The Bertz CT molecular complexity index is 2810. The molecule has 4 N–H and O–H groups in total. The molecule has 4 fully saturated rings. The Morgan fingerprint density at radius 1 is 0.788 bits per heavy atom. The third-order valence-electron chi connectivity index (χ3n) is 12.9. The number of fused-ring (bicyclic) bond motifs is 1. The molecule has 2 atom stereocenters. The van der Waals surface area contributed by atoms with Gasteiger partial charge >= 0.3 is 10.2 Å². The topological polar surface area (TPSA) is 180 Å². The van der Waals surface area contributed by atoms with Crippen LogP contribution in [0.25, 0.3) is 22.2 Å². The second kappa shape index (κ2) is 18.5. The van der Waals surface area contributed by atoms with Crippen molar-refractivity contribution < 1.29 is 45.2 Å². The van der Waals surface area contributed by atoms with Crippen LogP contribution in [0.15, 0.2) is 73.1 Å². The van der Waals surface area contributed by atoms with Crippen LogP contribution >= 0.6 is 0 Å². The molecule has 0 radical (unpaired) electrons. The Balaban J connectivity index is 0.774. The Morgan fingerprint density at radius 3 is 2.21 bits per heavy atom. The lowest BCUT2D eigenvalue weighted by molar-refractivity contribution is -0.134. The summed E-state index contributed by atoms with van der Waals surface area (Å²) in [4.78, 5) is 64.1. The highest BCUT2D eigenvalue weighted by atomic mass is 32.2. The molecule has 5 aromatic rings. The molecule has 9 rings (SSSR count). The summed E-state index contributed by atoms with van der Waals surface area (Å²) in [6, 6.07) is 14.9. The standard InChI is InChI=1S/C46H47F4N9O6S/c47-30-13-16-59(26-30)66(64,65)55-38-8-7-36(48)41(42(38)50)43(61)35-24-52-44-34(35)21-29(23-51-44)28-1-3-31(4-2-28)58-19-17-56(18-20-58)25-27-11-14-57(15-12-27)32-5-6-33(37(49)22-32)45(62)53-39-9-10-40(60)54-46(39)63/h1-8,21-24,27,30,39,55H,9-20,25-26H2,(H,51,52)(H,53,62)(H,54,60,63)/t30-,39+/m1/s1. The summed E-state index contributed by atoms with van der Waals surface area (Å²) in [6.07, 6.45) is 3.72. The number of rotatable bonds is 12. The number of benzene rings is 3. The first-order chi connectivity index (χ1) is 31.7. The molecule has 15 nitrogen and oxygen atoms in total. The largest absolute Gasteiger partial charge is 0.371 e. The molecule has 0 spiro atoms. The normalized spacial score (nSPS) is 20.2. The number of anilines is 3. The summed E-state index contributed by atoms with van der Waals surface area (Å²) in [5.74, 6) is -5.48. The van der Waals surface area contributed by atoms with Crippen molar-refractivity contribution in [3.05, 3.63) is 107 Å². The molecule has 20 heteroatoms. The SMILES string of the molecule is O=C1CC[C@H](NC(=O)c2ccc(N3CCC(CN4CCN(c5ccc(-c6cnc7[nH]cc(C(=O)c8c(F)ccc(NS(=O)(=O)N9CC[C@@H](F)C9)c8F)c7c6)cc5)CC4)CC3)cc2F)C(=O)N1. The number of nitrogens with zero attached hydrogens (tertiary/aromatic N) is 5. The van der Waals surface area contributed by atoms with E-state index in [-0.39, 0.29) is 36.9 Å². The highest BCUT2D eigenvalue weighted by Gasteiger charge is 2.34. The third kappa shape index (κ3) is 9.34. The molecular weight excluding hydrogens is 883 g/mol. The van der Waals surface area contributed by atoms with Crippen LogP contribution in [0, 0.1) is 23.4 Å². The average Bonchev–Trinajstić information content (AvgIpc) is 3.95. The maximum Gasteiger partial charge on any atom is 0.301 e. The van der Waals surface area contributed by atoms with Crippen molar-refractivity contribution in [3.63, 3.8) is 0 Å². The molecule has 2 aromatic heterocycles. The third-order valence-corrected chi connectivity index (χ3v) is 14.4. The van der Waals surface area contributed by atoms with E-state index >= 15 is 13.2 Å². The molecule has 3 amide bonds. The van der Waals surface area contributed by atoms with E-state index in [1.54, 1.807) is 18.3 Å². The van der Waals surface area contributed by atoms with Crippen molar-refractivity contribution in [1.82, 2.24) is 29.8 Å². The zero-order valence-electron chi connectivity index (χ0n) is 35.7. The second-order valence-electron chi connectivity index (χ2n) is 17.2. The number of hydrogen-bond donors (Lipinski definition) is 4. The summed E-state index contributed by atoms with van der Waals surface area (Å²) in [5.41, 5.74) is 1.71. The van der Waals surface area contributed by atoms with Crippen molar-refractivity contribution in [2.24, 2.45) is 5.92 Å². The first-order valence-corrected chi connectivity index (χ1v) is 23.3. The number of hydrogen-bond acceptors (Lipinski definition) is 10. The van der Waals surface area contributed by atoms with Gasteiger partial charge in [-0.15, -0.1) is 0 Å². The molecule has 0 aliphatic carbocycles. The van der Waals surface area contributed by atoms with Crippen LogP contribution in [0.5, 0.6) is 0 Å². The first kappa shape index (κ1) is 44.8. The quantitative estimate of drug-likeness (QED) is 0.0743. The highest BCUT2D eigenvalue weighted by molar-refractivity contribution is 7.90. The van der Waals surface area contributed by atoms with E-state index in [9.17, 15) is 32.0 Å². The monoisotopic (exact) mass is 929 g/mol. The smallest absolute Gasteiger partial charge is 0.301 e. The number of carbonyl (C=O) groups is 4. The van der Waals surface area contributed by atoms with Gasteiger partial charge in [-0.2, -0.15) is 12.7 Å². The average molecular weight is 930 g/mol. The van der Waals surface area contributed by atoms with Gasteiger partial charge in [-0.1, -0.05) is 12.1 Å². The molecule has 0 unspecified atom stereocenters. The van der Waals surface area contributed by atoms with E-state index < -0.39 is 81.2 Å². The van der Waals surface area contributed by atoms with Gasteiger partial charge in [0.15, 0.2) is 5.82 Å². The Morgan fingerprint density at radius 2 is 1.52 bits per heavy atom. The van der Waals surface area contributed by atoms with Crippen LogP contribution in [0.3, 0.4) is 0 Å². The number of amides is 3. The zero-order chi connectivity index (χ0) is 46.3. The molecule has 66 heavy (non-hydrogen) atoms. The van der Waals surface area contributed by atoms with Crippen LogP contribution in [0.2, 0.25) is 0 Å². The van der Waals surface area contributed by atoms with Crippen LogP contribution in [-0.2, 0) is 19.8 Å². The number of piperazine rings is 1. The van der Waals surface area contributed by atoms with Gasteiger partial charge in [0.1, 0.15) is 29.5 Å². The van der Waals surface area contributed by atoms with E-state index in [0.717, 1.165) is 86.3 Å². The fourth-order valence-electron chi connectivity index (χ4n) is 9.18. The summed E-state index contributed by atoms with van der Waals surface area (Å²) >= 11 is 0. The first-order valence-electron chi connectivity index (χ1n) is 21.9. The number of H-pyrrole nitrogens is 1. The molecule has 3 aromatic carbocycles. The number of pyridine rings is 1. The Labute approximate surface area is 377 Å². The molecular formula is C46H47F4N9O6S. The van der Waals surface area contributed by atoms with Gasteiger partial charge in [0.25, 0.3) is 5.91 Å². The minimum Gasteiger partial charge on any atom is -0.371 e. The number of ketones is 1. The van der Waals surface area contributed by atoms with Gasteiger partial charge in [-0.25, -0.2) is 22.5 Å². The summed E-state index contributed by atoms with van der Waals surface area (Å²) in [6.45, 7) is 5.39. The fourth-order valence-corrected chi connectivity index (χ4v) is 10.4. The van der Waals surface area contributed by atoms with Gasteiger partial charge < -0.3 is 20.1 Å². The van der Waals surface area contributed by atoms with E-state index in [4.69, 9.17) is 0 Å². The van der Waals surface area contributed by atoms with Crippen LogP contribution in [-0.4, -0.2) is 122 Å². The molecule has 4 saturated heterocycles. The van der Waals surface area contributed by atoms with Crippen molar-refractivity contribution in [3.8, 4) is 11.1 Å². The van der Waals surface area contributed by atoms with Crippen LogP contribution < -0.4 is 25.2 Å². The molecule has 4 aliphatic heterocycles. The maximum absolute atomic E-state index is 15.7. The maximum atomic E-state index is 15.7. The van der Waals surface area contributed by atoms with Crippen molar-refractivity contribution in [1.29, 1.82) is 0 Å². The second-order valence-corrected chi connectivity index (χ2v) is 18.9. The van der Waals surface area contributed by atoms with Gasteiger partial charge in [0.2, 0.25) is 17.6 Å². The molecule has 0 bridgehead atoms. The fraction of sp³-hybridized carbons (Fsp3) is 0.370. The molecule has 6 heterocycles. The molecule has 4 aliphatic rings. The summed E-state index contributed by atoms with van der Waals surface area (Å²) in [7, 11) is -4.36. The van der Waals surface area contributed by atoms with E-state index in [1.807, 2.05) is 29.0 Å². The van der Waals surface area contributed by atoms with E-state index in [0.29, 0.717) is 28.2 Å². The predicted molar refractivity (Wildman–Crippen MR) is 239 cm³/mol. The van der Waals surface area contributed by atoms with E-state index in [1.165, 1.54) is 18.3 Å². The highest BCUT2D eigenvalue weighted by Crippen LogP contribution is 2.32. The number of halogens is 4. The molecule has 0 saturated carbocycles. The van der Waals surface area contributed by atoms with E-state index in [2.05, 4.69) is 35.3 Å². The van der Waals surface area contributed by atoms with Crippen molar-refractivity contribution >= 4 is 61.8 Å². The van der Waals surface area contributed by atoms with Crippen molar-refractivity contribution in [2.75, 3.05) is 73.4 Å². The number of carbonyl (C=O) groups excluding carboxylic acids is 4. The minimum atomic E-state index is -4.36. The lowest BCUT2D eigenvalue weighted by atomic mass is 9.95. The summed E-state index contributed by atoms with van der Waals surface area (Å²) < 4.78 is 88.2. The summed E-state index contributed by atoms with van der Waals surface area (Å²) in [5, 5.41) is 5.02. The number of piperidine rings is 2. The number of imide groups is 1. The zero-order valence-corrected chi connectivity index (χ0v) is 36.5.